The topological polar surface area (TPSA) is 43.6 Å². The summed E-state index contributed by atoms with van der Waals surface area (Å²) < 4.78 is 2.18. The molecule has 3 aromatic rings. The Labute approximate surface area is 110 Å². The second kappa shape index (κ2) is 3.95. The van der Waals surface area contributed by atoms with Crippen molar-refractivity contribution in [2.45, 2.75) is 32.0 Å². The van der Waals surface area contributed by atoms with Crippen molar-refractivity contribution in [3.05, 3.63) is 23.8 Å². The van der Waals surface area contributed by atoms with Gasteiger partial charge in [-0.25, -0.2) is 4.98 Å². The molecule has 0 saturated carbocycles. The molecule has 0 unspecified atom stereocenters. The molecule has 18 heavy (non-hydrogen) atoms. The van der Waals surface area contributed by atoms with Crippen LogP contribution in [0.2, 0.25) is 0 Å². The highest BCUT2D eigenvalue weighted by Crippen LogP contribution is 2.29. The molecule has 4 nitrogen and oxygen atoms in total. The van der Waals surface area contributed by atoms with E-state index in [2.05, 4.69) is 71.3 Å². The van der Waals surface area contributed by atoms with Gasteiger partial charge < -0.3 is 4.57 Å². The predicted octanol–water partition coefficient (Wildman–Crippen LogP) is 3.16. The van der Waals surface area contributed by atoms with Crippen molar-refractivity contribution in [1.82, 2.24) is 19.7 Å². The average Bonchev–Trinajstić information content (AvgIpc) is 2.61. The molecule has 3 rings (SSSR count). The van der Waals surface area contributed by atoms with Crippen molar-refractivity contribution in [3.8, 4) is 0 Å². The van der Waals surface area contributed by atoms with Crippen LogP contribution in [0, 0.1) is 6.92 Å². The van der Waals surface area contributed by atoms with Gasteiger partial charge in [-0.1, -0.05) is 11.6 Å². The third-order valence-corrected chi connectivity index (χ3v) is 3.26. The fourth-order valence-corrected chi connectivity index (χ4v) is 2.48. The van der Waals surface area contributed by atoms with E-state index in [0.29, 0.717) is 11.2 Å². The maximum Gasteiger partial charge on any atom is 0.207 e. The van der Waals surface area contributed by atoms with Gasteiger partial charge in [0.2, 0.25) is 5.16 Å². The lowest BCUT2D eigenvalue weighted by Gasteiger charge is -2.10. The van der Waals surface area contributed by atoms with Gasteiger partial charge in [0.05, 0.1) is 5.52 Å². The molecule has 0 amide bonds. The summed E-state index contributed by atoms with van der Waals surface area (Å²) in [6, 6.07) is 6.67. The minimum absolute atomic E-state index is 0.317. The average molecular weight is 258 g/mol. The molecule has 0 aliphatic carbocycles. The SMILES string of the molecule is Cc1ccc2c(c1)c1nnc(S)nc1n2C(C)C. The predicted molar refractivity (Wildman–Crippen MR) is 75.2 cm³/mol. The second-order valence-electron chi connectivity index (χ2n) is 4.77. The number of rotatable bonds is 1. The summed E-state index contributed by atoms with van der Waals surface area (Å²) in [5.74, 6) is 0. The molecule has 0 fully saturated rings. The Hall–Kier alpha value is -1.62. The third-order valence-electron chi connectivity index (χ3n) is 3.07. The molecule has 0 aliphatic rings. The van der Waals surface area contributed by atoms with E-state index in [9.17, 15) is 0 Å². The van der Waals surface area contributed by atoms with Crippen LogP contribution in [0.4, 0.5) is 0 Å². The summed E-state index contributed by atoms with van der Waals surface area (Å²) in [7, 11) is 0. The molecule has 0 atom stereocenters. The second-order valence-corrected chi connectivity index (χ2v) is 5.17. The maximum atomic E-state index is 4.42. The molecule has 0 aliphatic heterocycles. The van der Waals surface area contributed by atoms with Gasteiger partial charge in [-0.2, -0.15) is 0 Å². The molecule has 0 N–H and O–H groups in total. The smallest absolute Gasteiger partial charge is 0.207 e. The summed E-state index contributed by atoms with van der Waals surface area (Å²) in [5, 5.41) is 9.70. The van der Waals surface area contributed by atoms with E-state index >= 15 is 0 Å². The van der Waals surface area contributed by atoms with Crippen LogP contribution in [-0.2, 0) is 0 Å². The van der Waals surface area contributed by atoms with E-state index in [-0.39, 0.29) is 0 Å². The number of hydrogen-bond donors (Lipinski definition) is 1. The number of aryl methyl sites for hydroxylation is 1. The summed E-state index contributed by atoms with van der Waals surface area (Å²) in [4.78, 5) is 4.42. The van der Waals surface area contributed by atoms with Crippen LogP contribution in [0.3, 0.4) is 0 Å². The number of thiol groups is 1. The van der Waals surface area contributed by atoms with Crippen molar-refractivity contribution in [2.75, 3.05) is 0 Å². The van der Waals surface area contributed by atoms with Crippen molar-refractivity contribution in [1.29, 1.82) is 0 Å². The lowest BCUT2D eigenvalue weighted by atomic mass is 10.2. The van der Waals surface area contributed by atoms with E-state index < -0.39 is 0 Å². The highest BCUT2D eigenvalue weighted by atomic mass is 32.1. The zero-order chi connectivity index (χ0) is 12.9. The Morgan fingerprint density at radius 2 is 2.00 bits per heavy atom. The first kappa shape index (κ1) is 11.5. The van der Waals surface area contributed by atoms with Gasteiger partial charge in [0.15, 0.2) is 5.65 Å². The fourth-order valence-electron chi connectivity index (χ4n) is 2.34. The summed E-state index contributed by atoms with van der Waals surface area (Å²) in [5.41, 5.74) is 4.05. The summed E-state index contributed by atoms with van der Waals surface area (Å²) >= 11 is 4.18. The molecule has 0 radical (unpaired) electrons. The van der Waals surface area contributed by atoms with Crippen LogP contribution in [0.1, 0.15) is 25.5 Å². The molecule has 0 spiro atoms. The summed E-state index contributed by atoms with van der Waals surface area (Å²) in [6.07, 6.45) is 0. The molecular formula is C13H14N4S. The van der Waals surface area contributed by atoms with E-state index in [1.165, 1.54) is 5.56 Å². The van der Waals surface area contributed by atoms with Gasteiger partial charge in [0, 0.05) is 11.4 Å². The molecule has 0 saturated heterocycles. The van der Waals surface area contributed by atoms with Crippen LogP contribution in [-0.4, -0.2) is 19.7 Å². The van der Waals surface area contributed by atoms with Crippen LogP contribution < -0.4 is 0 Å². The monoisotopic (exact) mass is 258 g/mol. The molecule has 2 aromatic heterocycles. The van der Waals surface area contributed by atoms with Gasteiger partial charge in [-0.3, -0.25) is 0 Å². The molecule has 92 valence electrons. The minimum atomic E-state index is 0.317. The number of aromatic nitrogens is 4. The van der Waals surface area contributed by atoms with Crippen LogP contribution in [0.5, 0.6) is 0 Å². The Kier molecular flexibility index (Phi) is 2.52. The van der Waals surface area contributed by atoms with Crippen LogP contribution >= 0.6 is 12.6 Å². The van der Waals surface area contributed by atoms with E-state index in [0.717, 1.165) is 22.1 Å². The molecule has 2 heterocycles. The maximum absolute atomic E-state index is 4.42. The number of fused-ring (bicyclic) bond motifs is 3. The molecule has 5 heteroatoms. The van der Waals surface area contributed by atoms with E-state index in [4.69, 9.17) is 0 Å². The Morgan fingerprint density at radius 3 is 2.72 bits per heavy atom. The number of benzene rings is 1. The zero-order valence-electron chi connectivity index (χ0n) is 10.5. The Morgan fingerprint density at radius 1 is 1.22 bits per heavy atom. The Bertz CT molecular complexity index is 745. The standard InChI is InChI=1S/C13H14N4S/c1-7(2)17-10-5-4-8(3)6-9(10)11-12(17)14-13(18)16-15-11/h4-7H,1-3H3,(H,14,16,18). The Balaban J connectivity index is 2.56. The fraction of sp³-hybridized carbons (Fsp3) is 0.308. The number of nitrogens with zero attached hydrogens (tertiary/aromatic N) is 4. The van der Waals surface area contributed by atoms with Gasteiger partial charge in [0.1, 0.15) is 5.52 Å². The highest BCUT2D eigenvalue weighted by Gasteiger charge is 2.15. The largest absolute Gasteiger partial charge is 0.321 e. The van der Waals surface area contributed by atoms with Crippen molar-refractivity contribution >= 4 is 34.7 Å². The zero-order valence-corrected chi connectivity index (χ0v) is 11.4. The first-order chi connectivity index (χ1) is 8.58. The molecule has 0 bridgehead atoms. The van der Waals surface area contributed by atoms with Crippen LogP contribution in [0.25, 0.3) is 22.1 Å². The van der Waals surface area contributed by atoms with Crippen LogP contribution in [0.15, 0.2) is 23.4 Å². The minimum Gasteiger partial charge on any atom is -0.321 e. The third kappa shape index (κ3) is 1.58. The van der Waals surface area contributed by atoms with Gasteiger partial charge in [0.25, 0.3) is 0 Å². The van der Waals surface area contributed by atoms with E-state index in [1.54, 1.807) is 0 Å². The molecular weight excluding hydrogens is 244 g/mol. The first-order valence-corrected chi connectivity index (χ1v) is 6.36. The highest BCUT2D eigenvalue weighted by molar-refractivity contribution is 7.80. The van der Waals surface area contributed by atoms with Gasteiger partial charge >= 0.3 is 0 Å². The summed E-state index contributed by atoms with van der Waals surface area (Å²) in [6.45, 7) is 6.35. The lowest BCUT2D eigenvalue weighted by molar-refractivity contribution is 0.632. The van der Waals surface area contributed by atoms with Crippen molar-refractivity contribution in [3.63, 3.8) is 0 Å². The van der Waals surface area contributed by atoms with Gasteiger partial charge in [-0.05, 0) is 32.9 Å². The number of hydrogen-bond acceptors (Lipinski definition) is 4. The van der Waals surface area contributed by atoms with Gasteiger partial charge in [-0.15, -0.1) is 22.8 Å². The first-order valence-electron chi connectivity index (χ1n) is 5.92. The molecule has 1 aromatic carbocycles. The lowest BCUT2D eigenvalue weighted by Crippen LogP contribution is -2.02. The van der Waals surface area contributed by atoms with Crippen molar-refractivity contribution in [2.24, 2.45) is 0 Å². The van der Waals surface area contributed by atoms with Crippen molar-refractivity contribution < 1.29 is 0 Å². The normalized spacial score (nSPS) is 11.8. The quantitative estimate of drug-likeness (QED) is 0.682. The van der Waals surface area contributed by atoms with E-state index in [1.807, 2.05) is 0 Å².